The zero-order chi connectivity index (χ0) is 18.1. The van der Waals surface area contributed by atoms with Crippen molar-refractivity contribution in [1.82, 2.24) is 9.78 Å². The number of nitrogens with zero attached hydrogens (tertiary/aromatic N) is 2. The third kappa shape index (κ3) is 4.80. The van der Waals surface area contributed by atoms with E-state index < -0.39 is 20.5 Å². The van der Waals surface area contributed by atoms with E-state index in [4.69, 9.17) is 33.0 Å². The number of anilines is 1. The maximum absolute atomic E-state index is 12.5. The number of phosphoric ester groups is 1. The van der Waals surface area contributed by atoms with E-state index in [0.29, 0.717) is 10.7 Å². The molecule has 0 atom stereocenters. The SMILES string of the molecule is Cc1ccc(NC(=O)c2c(Br)c(Cl)nn2COP(=O)(O)O)c(Cl)c1. The number of aromatic nitrogens is 2. The molecule has 12 heteroatoms. The Labute approximate surface area is 155 Å². The number of amides is 1. The molecule has 1 aromatic carbocycles. The molecule has 0 saturated carbocycles. The average molecular weight is 459 g/mol. The van der Waals surface area contributed by atoms with Gasteiger partial charge in [0.15, 0.2) is 11.9 Å². The van der Waals surface area contributed by atoms with Gasteiger partial charge in [0.2, 0.25) is 0 Å². The molecule has 0 unspecified atom stereocenters. The predicted octanol–water partition coefficient (Wildman–Crippen LogP) is 3.58. The number of rotatable bonds is 5. The fourth-order valence-corrected chi connectivity index (χ4v) is 2.94. The van der Waals surface area contributed by atoms with Gasteiger partial charge in [0, 0.05) is 0 Å². The van der Waals surface area contributed by atoms with Crippen molar-refractivity contribution in [2.75, 3.05) is 5.32 Å². The Morgan fingerprint density at radius 1 is 1.46 bits per heavy atom. The number of halogens is 3. The summed E-state index contributed by atoms with van der Waals surface area (Å²) in [5.74, 6) is -0.638. The van der Waals surface area contributed by atoms with Gasteiger partial charge in [-0.15, -0.1) is 0 Å². The molecule has 0 radical (unpaired) electrons. The second-order valence-electron chi connectivity index (χ2n) is 4.64. The molecule has 0 saturated heterocycles. The van der Waals surface area contributed by atoms with E-state index in [9.17, 15) is 9.36 Å². The van der Waals surface area contributed by atoms with Gasteiger partial charge >= 0.3 is 7.82 Å². The maximum atomic E-state index is 12.5. The third-order valence-electron chi connectivity index (χ3n) is 2.79. The Morgan fingerprint density at radius 2 is 2.12 bits per heavy atom. The molecule has 0 aliphatic carbocycles. The van der Waals surface area contributed by atoms with Crippen molar-refractivity contribution in [3.05, 3.63) is 44.1 Å². The summed E-state index contributed by atoms with van der Waals surface area (Å²) >= 11 is 15.0. The standard InChI is InChI=1S/C12H11BrCl2N3O5P/c1-6-2-3-8(7(14)4-6)16-12(19)10-9(13)11(15)17-18(10)5-23-24(20,21)22/h2-4H,5H2,1H3,(H,16,19)(H2,20,21,22). The first-order valence-electron chi connectivity index (χ1n) is 6.28. The van der Waals surface area contributed by atoms with Crippen molar-refractivity contribution in [2.24, 2.45) is 0 Å². The molecule has 8 nitrogen and oxygen atoms in total. The van der Waals surface area contributed by atoms with Crippen LogP contribution in [0, 0.1) is 6.92 Å². The van der Waals surface area contributed by atoms with Crippen LogP contribution >= 0.6 is 47.0 Å². The summed E-state index contributed by atoms with van der Waals surface area (Å²) in [6.07, 6.45) is 0. The van der Waals surface area contributed by atoms with E-state index in [2.05, 4.69) is 30.9 Å². The largest absolute Gasteiger partial charge is 0.471 e. The number of benzene rings is 1. The fraction of sp³-hybridized carbons (Fsp3) is 0.167. The summed E-state index contributed by atoms with van der Waals surface area (Å²) in [5, 5.41) is 6.63. The second-order valence-corrected chi connectivity index (χ2v) is 7.44. The summed E-state index contributed by atoms with van der Waals surface area (Å²) in [6, 6.07) is 5.06. The van der Waals surface area contributed by atoms with Gasteiger partial charge in [-0.25, -0.2) is 9.25 Å². The quantitative estimate of drug-likeness (QED) is 0.590. The van der Waals surface area contributed by atoms with Crippen molar-refractivity contribution in [2.45, 2.75) is 13.7 Å². The molecule has 1 amide bonds. The summed E-state index contributed by atoms with van der Waals surface area (Å²) in [7, 11) is -4.74. The van der Waals surface area contributed by atoms with Gasteiger partial charge in [-0.2, -0.15) is 5.10 Å². The number of hydrogen-bond donors (Lipinski definition) is 3. The summed E-state index contributed by atoms with van der Waals surface area (Å²) in [5.41, 5.74) is 1.20. The van der Waals surface area contributed by atoms with E-state index in [-0.39, 0.29) is 15.3 Å². The van der Waals surface area contributed by atoms with Crippen LogP contribution in [0.25, 0.3) is 0 Å². The Hall–Kier alpha value is -0.930. The fourth-order valence-electron chi connectivity index (χ4n) is 1.75. The Kier molecular flexibility index (Phi) is 6.09. The minimum atomic E-state index is -4.74. The Balaban J connectivity index is 2.29. The smallest absolute Gasteiger partial charge is 0.319 e. The highest BCUT2D eigenvalue weighted by molar-refractivity contribution is 9.10. The van der Waals surface area contributed by atoms with Crippen LogP contribution in [0.5, 0.6) is 0 Å². The molecule has 24 heavy (non-hydrogen) atoms. The molecule has 0 aliphatic rings. The van der Waals surface area contributed by atoms with Gasteiger partial charge in [-0.05, 0) is 40.5 Å². The number of aryl methyl sites for hydroxylation is 1. The van der Waals surface area contributed by atoms with Gasteiger partial charge in [-0.1, -0.05) is 29.3 Å². The zero-order valence-electron chi connectivity index (χ0n) is 12.0. The lowest BCUT2D eigenvalue weighted by molar-refractivity contribution is 0.0986. The van der Waals surface area contributed by atoms with Crippen molar-refractivity contribution in [3.63, 3.8) is 0 Å². The highest BCUT2D eigenvalue weighted by Gasteiger charge is 2.24. The van der Waals surface area contributed by atoms with E-state index in [0.717, 1.165) is 10.2 Å². The molecule has 130 valence electrons. The van der Waals surface area contributed by atoms with E-state index in [1.54, 1.807) is 18.2 Å². The number of hydrogen-bond acceptors (Lipinski definition) is 4. The molecular formula is C12H11BrCl2N3O5P. The average Bonchev–Trinajstić information content (AvgIpc) is 2.74. The molecule has 0 spiro atoms. The molecule has 0 bridgehead atoms. The summed E-state index contributed by atoms with van der Waals surface area (Å²) in [6.45, 7) is 1.18. The molecule has 2 aromatic rings. The molecule has 0 aliphatic heterocycles. The second kappa shape index (κ2) is 7.53. The minimum Gasteiger partial charge on any atom is -0.319 e. The van der Waals surface area contributed by atoms with Gasteiger partial charge in [0.25, 0.3) is 5.91 Å². The lowest BCUT2D eigenvalue weighted by Gasteiger charge is -2.11. The third-order valence-corrected chi connectivity index (χ3v) is 4.80. The van der Waals surface area contributed by atoms with Gasteiger partial charge in [-0.3, -0.25) is 9.32 Å². The predicted molar refractivity (Wildman–Crippen MR) is 92.2 cm³/mol. The van der Waals surface area contributed by atoms with Crippen LogP contribution in [-0.2, 0) is 15.8 Å². The topological polar surface area (TPSA) is 114 Å². The lowest BCUT2D eigenvalue weighted by Crippen LogP contribution is -2.19. The van der Waals surface area contributed by atoms with Gasteiger partial charge in [0.1, 0.15) is 5.69 Å². The maximum Gasteiger partial charge on any atom is 0.471 e. The van der Waals surface area contributed by atoms with E-state index in [1.165, 1.54) is 0 Å². The molecular weight excluding hydrogens is 448 g/mol. The number of nitrogens with one attached hydrogen (secondary N) is 1. The highest BCUT2D eigenvalue weighted by atomic mass is 79.9. The zero-order valence-corrected chi connectivity index (χ0v) is 16.0. The van der Waals surface area contributed by atoms with Crippen LogP contribution in [0.3, 0.4) is 0 Å². The Morgan fingerprint density at radius 3 is 2.71 bits per heavy atom. The van der Waals surface area contributed by atoms with Crippen LogP contribution in [0.4, 0.5) is 5.69 Å². The number of carbonyl (C=O) groups is 1. The summed E-state index contributed by atoms with van der Waals surface area (Å²) < 4.78 is 16.2. The molecule has 1 heterocycles. The first kappa shape index (κ1) is 19.4. The van der Waals surface area contributed by atoms with E-state index >= 15 is 0 Å². The van der Waals surface area contributed by atoms with Crippen LogP contribution in [0.15, 0.2) is 22.7 Å². The monoisotopic (exact) mass is 457 g/mol. The van der Waals surface area contributed by atoms with Crippen molar-refractivity contribution >= 4 is 58.5 Å². The first-order chi connectivity index (χ1) is 11.1. The van der Waals surface area contributed by atoms with Crippen molar-refractivity contribution in [1.29, 1.82) is 0 Å². The number of phosphoric acid groups is 1. The van der Waals surface area contributed by atoms with Crippen LogP contribution in [0.1, 0.15) is 16.1 Å². The van der Waals surface area contributed by atoms with Crippen LogP contribution < -0.4 is 5.32 Å². The van der Waals surface area contributed by atoms with Crippen LogP contribution in [0.2, 0.25) is 10.2 Å². The number of carbonyl (C=O) groups excluding carboxylic acids is 1. The van der Waals surface area contributed by atoms with E-state index in [1.807, 2.05) is 6.92 Å². The molecule has 3 N–H and O–H groups in total. The first-order valence-corrected chi connectivity index (χ1v) is 9.36. The molecule has 0 fully saturated rings. The van der Waals surface area contributed by atoms with Gasteiger partial charge < -0.3 is 15.1 Å². The van der Waals surface area contributed by atoms with Crippen LogP contribution in [-0.4, -0.2) is 25.5 Å². The highest BCUT2D eigenvalue weighted by Crippen LogP contribution is 2.37. The normalized spacial score (nSPS) is 11.6. The van der Waals surface area contributed by atoms with Crippen molar-refractivity contribution < 1.29 is 23.7 Å². The Bertz CT molecular complexity index is 838. The van der Waals surface area contributed by atoms with Gasteiger partial charge in [0.05, 0.1) is 15.2 Å². The summed E-state index contributed by atoms with van der Waals surface area (Å²) in [4.78, 5) is 30.0. The minimum absolute atomic E-state index is 0.0653. The molecule has 2 rings (SSSR count). The molecule has 1 aromatic heterocycles. The van der Waals surface area contributed by atoms with Crippen molar-refractivity contribution in [3.8, 4) is 0 Å². The lowest BCUT2D eigenvalue weighted by atomic mass is 10.2.